The number of hydrogen-bond acceptors (Lipinski definition) is 5. The molecule has 1 aromatic heterocycles. The third-order valence-electron chi connectivity index (χ3n) is 5.31. The van der Waals surface area contributed by atoms with Crippen molar-refractivity contribution in [2.24, 2.45) is 0 Å². The maximum absolute atomic E-state index is 13.1. The molecule has 0 aliphatic carbocycles. The molecule has 0 unspecified atom stereocenters. The molecule has 1 saturated heterocycles. The minimum Gasteiger partial charge on any atom is -0.376 e. The summed E-state index contributed by atoms with van der Waals surface area (Å²) in [6.45, 7) is 3.70. The average molecular weight is 424 g/mol. The van der Waals surface area contributed by atoms with E-state index in [9.17, 15) is 9.59 Å². The summed E-state index contributed by atoms with van der Waals surface area (Å²) in [6, 6.07) is 15.3. The van der Waals surface area contributed by atoms with Crippen molar-refractivity contribution in [2.75, 3.05) is 12.4 Å². The fourth-order valence-corrected chi connectivity index (χ4v) is 4.43. The molecule has 4 rings (SSSR count). The monoisotopic (exact) mass is 423 g/mol. The zero-order chi connectivity index (χ0) is 20.9. The van der Waals surface area contributed by atoms with Crippen LogP contribution in [0.2, 0.25) is 0 Å². The van der Waals surface area contributed by atoms with Gasteiger partial charge in [-0.3, -0.25) is 14.2 Å². The average Bonchev–Trinajstić information content (AvgIpc) is 3.27. The Morgan fingerprint density at radius 1 is 1.23 bits per heavy atom. The van der Waals surface area contributed by atoms with Crippen molar-refractivity contribution in [2.45, 2.75) is 44.1 Å². The second kappa shape index (κ2) is 9.45. The second-order valence-corrected chi connectivity index (χ2v) is 8.40. The summed E-state index contributed by atoms with van der Waals surface area (Å²) in [4.78, 5) is 30.2. The molecule has 1 fully saturated rings. The molecule has 1 aliphatic rings. The van der Waals surface area contributed by atoms with Crippen LogP contribution < -0.4 is 10.9 Å². The molecule has 0 bridgehead atoms. The molecule has 2 heterocycles. The summed E-state index contributed by atoms with van der Waals surface area (Å²) >= 11 is 1.29. The lowest BCUT2D eigenvalue weighted by molar-refractivity contribution is -0.118. The number of aryl methyl sites for hydroxylation is 1. The zero-order valence-corrected chi connectivity index (χ0v) is 17.8. The molecule has 7 heteroatoms. The normalized spacial score (nSPS) is 16.1. The van der Waals surface area contributed by atoms with Crippen molar-refractivity contribution < 1.29 is 9.53 Å². The molecule has 2 aromatic carbocycles. The van der Waals surface area contributed by atoms with E-state index in [2.05, 4.69) is 10.3 Å². The van der Waals surface area contributed by atoms with Gasteiger partial charge in [-0.2, -0.15) is 0 Å². The van der Waals surface area contributed by atoms with Crippen molar-refractivity contribution >= 4 is 28.6 Å². The van der Waals surface area contributed by atoms with Gasteiger partial charge in [-0.1, -0.05) is 48.2 Å². The molecule has 3 aromatic rings. The van der Waals surface area contributed by atoms with Crippen molar-refractivity contribution in [3.05, 3.63) is 70.0 Å². The van der Waals surface area contributed by atoms with Crippen LogP contribution in [0, 0.1) is 6.92 Å². The second-order valence-electron chi connectivity index (χ2n) is 7.45. The number of carbonyl (C=O) groups excluding carboxylic acids is 1. The highest BCUT2D eigenvalue weighted by molar-refractivity contribution is 7.99. The Bertz CT molecular complexity index is 1110. The lowest BCUT2D eigenvalue weighted by Crippen LogP contribution is -2.30. The zero-order valence-electron chi connectivity index (χ0n) is 17.0. The lowest BCUT2D eigenvalue weighted by Gasteiger charge is -2.16. The van der Waals surface area contributed by atoms with Crippen LogP contribution in [0.1, 0.15) is 24.0 Å². The first-order valence-electron chi connectivity index (χ1n) is 10.2. The van der Waals surface area contributed by atoms with Crippen LogP contribution in [0.3, 0.4) is 0 Å². The molecule has 1 amide bonds. The summed E-state index contributed by atoms with van der Waals surface area (Å²) in [5.41, 5.74) is 2.80. The summed E-state index contributed by atoms with van der Waals surface area (Å²) in [5.74, 6) is 0.108. The van der Waals surface area contributed by atoms with Gasteiger partial charge in [-0.15, -0.1) is 0 Å². The molecule has 1 N–H and O–H groups in total. The number of rotatable bonds is 7. The summed E-state index contributed by atoms with van der Waals surface area (Å²) in [6.07, 6.45) is 1.95. The van der Waals surface area contributed by atoms with E-state index in [-0.39, 0.29) is 23.3 Å². The van der Waals surface area contributed by atoms with Gasteiger partial charge in [0, 0.05) is 13.2 Å². The number of benzene rings is 2. The molecule has 1 aliphatic heterocycles. The van der Waals surface area contributed by atoms with E-state index in [1.165, 1.54) is 11.8 Å². The first-order valence-corrected chi connectivity index (χ1v) is 11.2. The number of amides is 1. The summed E-state index contributed by atoms with van der Waals surface area (Å²) in [5, 5.41) is 4.10. The number of nitrogens with one attached hydrogen (secondary N) is 1. The molecular formula is C23H25N3O3S. The maximum atomic E-state index is 13.1. The van der Waals surface area contributed by atoms with E-state index >= 15 is 0 Å². The Hall–Kier alpha value is -2.64. The molecule has 6 nitrogen and oxygen atoms in total. The summed E-state index contributed by atoms with van der Waals surface area (Å²) < 4.78 is 7.39. The van der Waals surface area contributed by atoms with Crippen molar-refractivity contribution in [1.29, 1.82) is 0 Å². The molecule has 0 saturated carbocycles. The first-order chi connectivity index (χ1) is 14.6. The largest absolute Gasteiger partial charge is 0.376 e. The number of nitrogens with zero attached hydrogens (tertiary/aromatic N) is 2. The van der Waals surface area contributed by atoms with Crippen LogP contribution in [0.25, 0.3) is 10.9 Å². The van der Waals surface area contributed by atoms with E-state index in [4.69, 9.17) is 4.74 Å². The van der Waals surface area contributed by atoms with Crippen molar-refractivity contribution in [3.8, 4) is 0 Å². The number of fused-ring (bicyclic) bond motifs is 1. The standard InChI is InChI=1S/C23H25N3O3S/c1-16-7-2-3-8-17(16)13-24-21(27)15-30-23-25-20-11-5-4-10-19(20)22(28)26(23)14-18-9-6-12-29-18/h2-5,7-8,10-11,18H,6,9,12-15H2,1H3,(H,24,27)/t18-/m0/s1. The van der Waals surface area contributed by atoms with Gasteiger partial charge in [-0.25, -0.2) is 4.98 Å². The minimum absolute atomic E-state index is 0.0138. The van der Waals surface area contributed by atoms with Gasteiger partial charge in [0.1, 0.15) is 0 Å². The van der Waals surface area contributed by atoms with Gasteiger partial charge in [0.15, 0.2) is 5.16 Å². The third kappa shape index (κ3) is 4.74. The van der Waals surface area contributed by atoms with E-state index in [1.807, 2.05) is 49.4 Å². The van der Waals surface area contributed by atoms with Gasteiger partial charge >= 0.3 is 0 Å². The highest BCUT2D eigenvalue weighted by Crippen LogP contribution is 2.21. The maximum Gasteiger partial charge on any atom is 0.262 e. The van der Waals surface area contributed by atoms with Crippen LogP contribution in [0.4, 0.5) is 0 Å². The number of para-hydroxylation sites is 1. The predicted octanol–water partition coefficient (Wildman–Crippen LogP) is 3.29. The quantitative estimate of drug-likeness (QED) is 0.466. The van der Waals surface area contributed by atoms with E-state index in [0.717, 1.165) is 30.6 Å². The van der Waals surface area contributed by atoms with E-state index in [0.29, 0.717) is 29.1 Å². The van der Waals surface area contributed by atoms with Gasteiger partial charge in [0.25, 0.3) is 5.56 Å². The fraction of sp³-hybridized carbons (Fsp3) is 0.348. The molecule has 30 heavy (non-hydrogen) atoms. The number of thioether (sulfide) groups is 1. The fourth-order valence-electron chi connectivity index (χ4n) is 3.59. The molecule has 0 spiro atoms. The third-order valence-corrected chi connectivity index (χ3v) is 6.28. The van der Waals surface area contributed by atoms with Gasteiger partial charge < -0.3 is 10.1 Å². The highest BCUT2D eigenvalue weighted by Gasteiger charge is 2.20. The lowest BCUT2D eigenvalue weighted by atomic mass is 10.1. The van der Waals surface area contributed by atoms with Crippen LogP contribution >= 0.6 is 11.8 Å². The van der Waals surface area contributed by atoms with Crippen LogP contribution in [-0.2, 0) is 22.6 Å². The van der Waals surface area contributed by atoms with Crippen molar-refractivity contribution in [3.63, 3.8) is 0 Å². The van der Waals surface area contributed by atoms with E-state index < -0.39 is 0 Å². The number of aromatic nitrogens is 2. The summed E-state index contributed by atoms with van der Waals surface area (Å²) in [7, 11) is 0. The van der Waals surface area contributed by atoms with E-state index in [1.54, 1.807) is 10.6 Å². The Balaban J connectivity index is 1.50. The minimum atomic E-state index is -0.0886. The highest BCUT2D eigenvalue weighted by atomic mass is 32.2. The van der Waals surface area contributed by atoms with Crippen LogP contribution in [-0.4, -0.2) is 33.9 Å². The van der Waals surface area contributed by atoms with Crippen LogP contribution in [0.5, 0.6) is 0 Å². The first kappa shape index (κ1) is 20.6. The SMILES string of the molecule is Cc1ccccc1CNC(=O)CSc1nc2ccccc2c(=O)n1C[C@@H]1CCCO1. The van der Waals surface area contributed by atoms with Gasteiger partial charge in [0.05, 0.1) is 29.3 Å². The Morgan fingerprint density at radius 2 is 2.03 bits per heavy atom. The molecular weight excluding hydrogens is 398 g/mol. The molecule has 0 radical (unpaired) electrons. The Labute approximate surface area is 179 Å². The van der Waals surface area contributed by atoms with Crippen LogP contribution in [0.15, 0.2) is 58.5 Å². The van der Waals surface area contributed by atoms with Gasteiger partial charge in [0.2, 0.25) is 5.91 Å². The Morgan fingerprint density at radius 3 is 2.83 bits per heavy atom. The molecule has 156 valence electrons. The topological polar surface area (TPSA) is 73.2 Å². The number of ether oxygens (including phenoxy) is 1. The number of carbonyl (C=O) groups is 1. The predicted molar refractivity (Wildman–Crippen MR) is 119 cm³/mol. The van der Waals surface area contributed by atoms with Crippen molar-refractivity contribution in [1.82, 2.24) is 14.9 Å². The molecule has 1 atom stereocenters. The van der Waals surface area contributed by atoms with Gasteiger partial charge in [-0.05, 0) is 43.0 Å². The number of hydrogen-bond donors (Lipinski definition) is 1. The Kier molecular flexibility index (Phi) is 6.50. The smallest absolute Gasteiger partial charge is 0.262 e.